The summed E-state index contributed by atoms with van der Waals surface area (Å²) in [6.45, 7) is 4.02. The first-order valence-corrected chi connectivity index (χ1v) is 7.50. The molecule has 0 atom stereocenters. The number of benzene rings is 1. The Morgan fingerprint density at radius 1 is 1.38 bits per heavy atom. The number of carbonyl (C=O) groups excluding carboxylic acids is 1. The van der Waals surface area contributed by atoms with Crippen LogP contribution in [0.2, 0.25) is 0 Å². The van der Waals surface area contributed by atoms with E-state index in [0.717, 1.165) is 10.2 Å². The van der Waals surface area contributed by atoms with Gasteiger partial charge in [0.1, 0.15) is 5.69 Å². The quantitative estimate of drug-likeness (QED) is 0.777. The largest absolute Gasteiger partial charge is 0.397 e. The SMILES string of the molecule is CC(C)n1cc(N)cc1C(=O)Nc1nc2ccccc2s1. The van der Waals surface area contributed by atoms with E-state index in [9.17, 15) is 4.79 Å². The Labute approximate surface area is 126 Å². The number of nitrogens with one attached hydrogen (secondary N) is 1. The number of nitrogens with zero attached hydrogens (tertiary/aromatic N) is 2. The van der Waals surface area contributed by atoms with E-state index in [4.69, 9.17) is 5.73 Å². The van der Waals surface area contributed by atoms with Crippen LogP contribution in [-0.2, 0) is 0 Å². The van der Waals surface area contributed by atoms with Crippen LogP contribution in [0.15, 0.2) is 36.5 Å². The van der Waals surface area contributed by atoms with Gasteiger partial charge in [0.2, 0.25) is 0 Å². The molecular formula is C15H16N4OS. The first-order valence-electron chi connectivity index (χ1n) is 6.69. The highest BCUT2D eigenvalue weighted by atomic mass is 32.1. The Balaban J connectivity index is 1.89. The Morgan fingerprint density at radius 3 is 2.86 bits per heavy atom. The minimum atomic E-state index is -0.195. The van der Waals surface area contributed by atoms with Gasteiger partial charge in [0.15, 0.2) is 5.13 Å². The number of thiazole rings is 1. The highest BCUT2D eigenvalue weighted by Crippen LogP contribution is 2.26. The van der Waals surface area contributed by atoms with E-state index in [2.05, 4.69) is 10.3 Å². The minimum Gasteiger partial charge on any atom is -0.397 e. The Hall–Kier alpha value is -2.34. The van der Waals surface area contributed by atoms with Gasteiger partial charge in [-0.1, -0.05) is 23.5 Å². The van der Waals surface area contributed by atoms with Crippen molar-refractivity contribution < 1.29 is 4.79 Å². The molecule has 3 N–H and O–H groups in total. The van der Waals surface area contributed by atoms with Gasteiger partial charge in [0.05, 0.1) is 15.9 Å². The fourth-order valence-electron chi connectivity index (χ4n) is 2.20. The normalized spacial score (nSPS) is 11.2. The van der Waals surface area contributed by atoms with Gasteiger partial charge < -0.3 is 10.3 Å². The topological polar surface area (TPSA) is 72.9 Å². The molecule has 6 heteroatoms. The number of hydrogen-bond acceptors (Lipinski definition) is 4. The second-order valence-electron chi connectivity index (χ2n) is 5.10. The lowest BCUT2D eigenvalue weighted by molar-refractivity contribution is 0.101. The predicted octanol–water partition coefficient (Wildman–Crippen LogP) is 3.51. The third-order valence-electron chi connectivity index (χ3n) is 3.17. The summed E-state index contributed by atoms with van der Waals surface area (Å²) in [6.07, 6.45) is 1.78. The summed E-state index contributed by atoms with van der Waals surface area (Å²) in [7, 11) is 0. The van der Waals surface area contributed by atoms with Crippen molar-refractivity contribution in [2.45, 2.75) is 19.9 Å². The fraction of sp³-hybridized carbons (Fsp3) is 0.200. The molecule has 0 spiro atoms. The van der Waals surface area contributed by atoms with E-state index in [-0.39, 0.29) is 11.9 Å². The molecule has 3 aromatic rings. The van der Waals surface area contributed by atoms with Crippen LogP contribution in [0.3, 0.4) is 0 Å². The Kier molecular flexibility index (Phi) is 3.39. The van der Waals surface area contributed by atoms with Gasteiger partial charge in [0, 0.05) is 12.2 Å². The van der Waals surface area contributed by atoms with E-state index in [1.807, 2.05) is 42.7 Å². The van der Waals surface area contributed by atoms with Gasteiger partial charge in [-0.3, -0.25) is 10.1 Å². The number of amides is 1. The molecule has 0 aliphatic heterocycles. The third kappa shape index (κ3) is 2.62. The Morgan fingerprint density at radius 2 is 2.14 bits per heavy atom. The molecule has 5 nitrogen and oxygen atoms in total. The number of rotatable bonds is 3. The zero-order valence-corrected chi connectivity index (χ0v) is 12.6. The van der Waals surface area contributed by atoms with Crippen molar-refractivity contribution in [3.05, 3.63) is 42.2 Å². The van der Waals surface area contributed by atoms with Gasteiger partial charge in [0.25, 0.3) is 5.91 Å². The molecule has 0 saturated heterocycles. The fourth-order valence-corrected chi connectivity index (χ4v) is 3.06. The lowest BCUT2D eigenvalue weighted by atomic mass is 10.3. The third-order valence-corrected chi connectivity index (χ3v) is 4.12. The molecule has 2 aromatic heterocycles. The monoisotopic (exact) mass is 300 g/mol. The van der Waals surface area contributed by atoms with E-state index < -0.39 is 0 Å². The summed E-state index contributed by atoms with van der Waals surface area (Å²) in [6, 6.07) is 9.64. The first kappa shape index (κ1) is 13.6. The average Bonchev–Trinajstić information content (AvgIpc) is 3.01. The summed E-state index contributed by atoms with van der Waals surface area (Å²) in [5.41, 5.74) is 7.81. The second-order valence-corrected chi connectivity index (χ2v) is 6.13. The number of fused-ring (bicyclic) bond motifs is 1. The Bertz CT molecular complexity index is 770. The summed E-state index contributed by atoms with van der Waals surface area (Å²) in [5.74, 6) is -0.195. The second kappa shape index (κ2) is 5.21. The molecule has 0 bridgehead atoms. The number of para-hydroxylation sites is 1. The summed E-state index contributed by atoms with van der Waals surface area (Å²) >= 11 is 1.46. The van der Waals surface area contributed by atoms with Crippen LogP contribution in [0.1, 0.15) is 30.4 Å². The molecule has 1 aromatic carbocycles. The molecule has 0 aliphatic carbocycles. The molecule has 21 heavy (non-hydrogen) atoms. The van der Waals surface area contributed by atoms with Gasteiger partial charge >= 0.3 is 0 Å². The van der Waals surface area contributed by atoms with Crippen LogP contribution in [0.25, 0.3) is 10.2 Å². The maximum absolute atomic E-state index is 12.4. The number of aromatic nitrogens is 2. The van der Waals surface area contributed by atoms with Crippen LogP contribution in [0.5, 0.6) is 0 Å². The van der Waals surface area contributed by atoms with Crippen molar-refractivity contribution in [3.63, 3.8) is 0 Å². The molecule has 3 rings (SSSR count). The predicted molar refractivity (Wildman–Crippen MR) is 86.8 cm³/mol. The van der Waals surface area contributed by atoms with Gasteiger partial charge in [-0.25, -0.2) is 4.98 Å². The highest BCUT2D eigenvalue weighted by molar-refractivity contribution is 7.22. The maximum Gasteiger partial charge on any atom is 0.274 e. The van der Waals surface area contributed by atoms with Crippen molar-refractivity contribution in [1.29, 1.82) is 0 Å². The molecule has 0 unspecified atom stereocenters. The highest BCUT2D eigenvalue weighted by Gasteiger charge is 2.16. The van der Waals surface area contributed by atoms with Crippen molar-refractivity contribution in [2.24, 2.45) is 0 Å². The summed E-state index contributed by atoms with van der Waals surface area (Å²) in [4.78, 5) is 16.8. The van der Waals surface area contributed by atoms with Crippen molar-refractivity contribution in [1.82, 2.24) is 9.55 Å². The van der Waals surface area contributed by atoms with Crippen molar-refractivity contribution >= 4 is 38.3 Å². The number of nitrogen functional groups attached to an aromatic ring is 1. The molecule has 0 saturated carbocycles. The molecule has 2 heterocycles. The zero-order chi connectivity index (χ0) is 15.0. The van der Waals surface area contributed by atoms with E-state index >= 15 is 0 Å². The van der Waals surface area contributed by atoms with Crippen LogP contribution >= 0.6 is 11.3 Å². The summed E-state index contributed by atoms with van der Waals surface area (Å²) in [5, 5.41) is 3.44. The summed E-state index contributed by atoms with van der Waals surface area (Å²) < 4.78 is 2.91. The standard InChI is InChI=1S/C15H16N4OS/c1-9(2)19-8-10(16)7-12(19)14(20)18-15-17-11-5-3-4-6-13(11)21-15/h3-9H,16H2,1-2H3,(H,17,18,20). The molecule has 0 fully saturated rings. The lowest BCUT2D eigenvalue weighted by Crippen LogP contribution is -2.17. The van der Waals surface area contributed by atoms with Gasteiger partial charge in [-0.15, -0.1) is 0 Å². The van der Waals surface area contributed by atoms with Crippen molar-refractivity contribution in [2.75, 3.05) is 11.1 Å². The minimum absolute atomic E-state index is 0.165. The smallest absolute Gasteiger partial charge is 0.274 e. The van der Waals surface area contributed by atoms with Crippen LogP contribution in [0.4, 0.5) is 10.8 Å². The van der Waals surface area contributed by atoms with E-state index in [1.165, 1.54) is 11.3 Å². The number of hydrogen-bond donors (Lipinski definition) is 2. The van der Waals surface area contributed by atoms with Crippen LogP contribution in [0, 0.1) is 0 Å². The van der Waals surface area contributed by atoms with Crippen molar-refractivity contribution in [3.8, 4) is 0 Å². The average molecular weight is 300 g/mol. The first-order chi connectivity index (χ1) is 10.0. The van der Waals surface area contributed by atoms with Crippen LogP contribution in [-0.4, -0.2) is 15.5 Å². The molecule has 108 valence electrons. The molecule has 0 radical (unpaired) electrons. The van der Waals surface area contributed by atoms with E-state index in [0.29, 0.717) is 16.5 Å². The van der Waals surface area contributed by atoms with Gasteiger partial charge in [-0.05, 0) is 32.0 Å². The molecule has 1 amide bonds. The molecular weight excluding hydrogens is 284 g/mol. The lowest BCUT2D eigenvalue weighted by Gasteiger charge is -2.11. The zero-order valence-electron chi connectivity index (χ0n) is 11.8. The number of anilines is 2. The maximum atomic E-state index is 12.4. The number of carbonyl (C=O) groups is 1. The molecule has 0 aliphatic rings. The van der Waals surface area contributed by atoms with Gasteiger partial charge in [-0.2, -0.15) is 0 Å². The number of nitrogens with two attached hydrogens (primary N) is 1. The van der Waals surface area contributed by atoms with Crippen LogP contribution < -0.4 is 11.1 Å². The van der Waals surface area contributed by atoms with E-state index in [1.54, 1.807) is 12.3 Å².